The number of nitrogens with one attached hydrogen (secondary N) is 1. The Hall–Kier alpha value is -2.10. The molecular formula is C12H10N2O2. The van der Waals surface area contributed by atoms with E-state index in [9.17, 15) is 4.79 Å². The van der Waals surface area contributed by atoms with Crippen molar-refractivity contribution in [2.75, 3.05) is 6.61 Å². The molecule has 0 spiro atoms. The van der Waals surface area contributed by atoms with Gasteiger partial charge in [-0.1, -0.05) is 18.2 Å². The predicted octanol–water partition coefficient (Wildman–Crippen LogP) is 2.02. The minimum absolute atomic E-state index is 0.0569. The molecule has 0 aliphatic carbocycles. The van der Waals surface area contributed by atoms with Crippen LogP contribution in [0.3, 0.4) is 0 Å². The van der Waals surface area contributed by atoms with Crippen molar-refractivity contribution < 1.29 is 9.53 Å². The zero-order valence-electron chi connectivity index (χ0n) is 8.51. The molecule has 16 heavy (non-hydrogen) atoms. The smallest absolute Gasteiger partial charge is 0.407 e. The van der Waals surface area contributed by atoms with Gasteiger partial charge in [0, 0.05) is 17.8 Å². The summed E-state index contributed by atoms with van der Waals surface area (Å²) in [6.07, 6.45) is 3.22. The third-order valence-electron chi connectivity index (χ3n) is 2.76. The Morgan fingerprint density at radius 2 is 2.31 bits per heavy atom. The van der Waals surface area contributed by atoms with Crippen LogP contribution in [0.5, 0.6) is 0 Å². The fourth-order valence-electron chi connectivity index (χ4n) is 2.00. The van der Waals surface area contributed by atoms with Gasteiger partial charge in [-0.2, -0.15) is 0 Å². The van der Waals surface area contributed by atoms with E-state index in [1.54, 1.807) is 6.20 Å². The Labute approximate surface area is 92.2 Å². The minimum Gasteiger partial charge on any atom is -0.447 e. The number of pyridine rings is 1. The molecule has 1 atom stereocenters. The lowest BCUT2D eigenvalue weighted by molar-refractivity contribution is 0.177. The number of hydrogen-bond donors (Lipinski definition) is 1. The van der Waals surface area contributed by atoms with Crippen LogP contribution >= 0.6 is 0 Å². The molecule has 3 rings (SSSR count). The SMILES string of the molecule is O=C1NC(c2cccc3cnccc23)CO1. The molecule has 80 valence electrons. The zero-order valence-corrected chi connectivity index (χ0v) is 8.51. The predicted molar refractivity (Wildman–Crippen MR) is 59.0 cm³/mol. The van der Waals surface area contributed by atoms with Gasteiger partial charge >= 0.3 is 6.09 Å². The van der Waals surface area contributed by atoms with Gasteiger partial charge in [0.25, 0.3) is 0 Å². The molecule has 1 unspecified atom stereocenters. The van der Waals surface area contributed by atoms with Gasteiger partial charge in [-0.3, -0.25) is 4.98 Å². The summed E-state index contributed by atoms with van der Waals surface area (Å²) in [6, 6.07) is 7.86. The van der Waals surface area contributed by atoms with Crippen molar-refractivity contribution in [1.29, 1.82) is 0 Å². The van der Waals surface area contributed by atoms with Crippen LogP contribution in [0, 0.1) is 0 Å². The van der Waals surface area contributed by atoms with Crippen molar-refractivity contribution in [1.82, 2.24) is 10.3 Å². The maximum atomic E-state index is 11.0. The standard InChI is InChI=1S/C12H10N2O2/c15-12-14-11(7-16-12)10-3-1-2-8-6-13-5-4-9(8)10/h1-6,11H,7H2,(H,14,15). The summed E-state index contributed by atoms with van der Waals surface area (Å²) < 4.78 is 4.90. The normalized spacial score (nSPS) is 19.5. The van der Waals surface area contributed by atoms with E-state index in [0.717, 1.165) is 16.3 Å². The molecule has 1 aromatic heterocycles. The number of carbonyl (C=O) groups is 1. The number of carbonyl (C=O) groups excluding carboxylic acids is 1. The highest BCUT2D eigenvalue weighted by atomic mass is 16.6. The molecule has 2 heterocycles. The summed E-state index contributed by atoms with van der Waals surface area (Å²) in [7, 11) is 0. The minimum atomic E-state index is -0.351. The quantitative estimate of drug-likeness (QED) is 0.790. The van der Waals surface area contributed by atoms with Crippen molar-refractivity contribution in [2.45, 2.75) is 6.04 Å². The van der Waals surface area contributed by atoms with Gasteiger partial charge in [0.05, 0.1) is 6.04 Å². The molecule has 0 saturated carbocycles. The molecule has 1 N–H and O–H groups in total. The highest BCUT2D eigenvalue weighted by molar-refractivity contribution is 5.86. The number of rotatable bonds is 1. The summed E-state index contributed by atoms with van der Waals surface area (Å²) in [5, 5.41) is 4.96. The van der Waals surface area contributed by atoms with Crippen LogP contribution in [0.15, 0.2) is 36.7 Å². The third kappa shape index (κ3) is 1.39. The van der Waals surface area contributed by atoms with Crippen molar-refractivity contribution in [3.05, 3.63) is 42.2 Å². The number of hydrogen-bond acceptors (Lipinski definition) is 3. The van der Waals surface area contributed by atoms with Crippen LogP contribution in [0.4, 0.5) is 4.79 Å². The maximum absolute atomic E-state index is 11.0. The Morgan fingerprint density at radius 1 is 1.38 bits per heavy atom. The summed E-state index contributed by atoms with van der Waals surface area (Å²) in [4.78, 5) is 15.1. The van der Waals surface area contributed by atoms with Crippen molar-refractivity contribution in [3.8, 4) is 0 Å². The van der Waals surface area contributed by atoms with Crippen LogP contribution in [-0.4, -0.2) is 17.7 Å². The first-order chi connectivity index (χ1) is 7.84. The highest BCUT2D eigenvalue weighted by Crippen LogP contribution is 2.25. The van der Waals surface area contributed by atoms with E-state index < -0.39 is 0 Å². The average Bonchev–Trinajstić information content (AvgIpc) is 2.75. The number of alkyl carbamates (subject to hydrolysis) is 1. The number of nitrogens with zero attached hydrogens (tertiary/aromatic N) is 1. The van der Waals surface area contributed by atoms with Crippen molar-refractivity contribution >= 4 is 16.9 Å². The maximum Gasteiger partial charge on any atom is 0.407 e. The lowest BCUT2D eigenvalue weighted by Crippen LogP contribution is -2.18. The summed E-state index contributed by atoms with van der Waals surface area (Å²) in [5.41, 5.74) is 1.07. The molecule has 4 heteroatoms. The number of aromatic nitrogens is 1. The Balaban J connectivity index is 2.13. The molecular weight excluding hydrogens is 204 g/mol. The third-order valence-corrected chi connectivity index (χ3v) is 2.76. The first kappa shape index (κ1) is 9.15. The first-order valence-corrected chi connectivity index (χ1v) is 5.10. The van der Waals surface area contributed by atoms with Crippen LogP contribution in [0.2, 0.25) is 0 Å². The van der Waals surface area contributed by atoms with E-state index in [4.69, 9.17) is 4.74 Å². The molecule has 0 bridgehead atoms. The average molecular weight is 214 g/mol. The van der Waals surface area contributed by atoms with Gasteiger partial charge < -0.3 is 10.1 Å². The second-order valence-corrected chi connectivity index (χ2v) is 3.74. The Kier molecular flexibility index (Phi) is 1.99. The van der Waals surface area contributed by atoms with Gasteiger partial charge in [0.1, 0.15) is 6.61 Å². The molecule has 1 saturated heterocycles. The molecule has 1 amide bonds. The molecule has 1 fully saturated rings. The van der Waals surface area contributed by atoms with Gasteiger partial charge in [0.15, 0.2) is 0 Å². The van der Waals surface area contributed by atoms with Crippen LogP contribution < -0.4 is 5.32 Å². The fourth-order valence-corrected chi connectivity index (χ4v) is 2.00. The topological polar surface area (TPSA) is 51.2 Å². The largest absolute Gasteiger partial charge is 0.447 e. The van der Waals surface area contributed by atoms with Crippen LogP contribution in [0.25, 0.3) is 10.8 Å². The molecule has 4 nitrogen and oxygen atoms in total. The van der Waals surface area contributed by atoms with Gasteiger partial charge in [-0.15, -0.1) is 0 Å². The summed E-state index contributed by atoms with van der Waals surface area (Å²) >= 11 is 0. The molecule has 1 aliphatic heterocycles. The van der Waals surface area contributed by atoms with E-state index >= 15 is 0 Å². The molecule has 2 aromatic rings. The fraction of sp³-hybridized carbons (Fsp3) is 0.167. The number of fused-ring (bicyclic) bond motifs is 1. The lowest BCUT2D eigenvalue weighted by atomic mass is 10.0. The monoisotopic (exact) mass is 214 g/mol. The van der Waals surface area contributed by atoms with E-state index in [1.165, 1.54) is 0 Å². The summed E-state index contributed by atoms with van der Waals surface area (Å²) in [5.74, 6) is 0. The van der Waals surface area contributed by atoms with Gasteiger partial charge in [-0.25, -0.2) is 4.79 Å². The van der Waals surface area contributed by atoms with Gasteiger partial charge in [-0.05, 0) is 17.0 Å². The number of ether oxygens (including phenoxy) is 1. The zero-order chi connectivity index (χ0) is 11.0. The molecule has 1 aliphatic rings. The number of cyclic esters (lactones) is 1. The number of amides is 1. The summed E-state index contributed by atoms with van der Waals surface area (Å²) in [6.45, 7) is 0.389. The van der Waals surface area contributed by atoms with E-state index in [1.807, 2.05) is 30.5 Å². The second-order valence-electron chi connectivity index (χ2n) is 3.74. The van der Waals surface area contributed by atoms with E-state index in [-0.39, 0.29) is 12.1 Å². The first-order valence-electron chi connectivity index (χ1n) is 5.10. The van der Waals surface area contributed by atoms with Crippen LogP contribution in [0.1, 0.15) is 11.6 Å². The van der Waals surface area contributed by atoms with Crippen molar-refractivity contribution in [3.63, 3.8) is 0 Å². The lowest BCUT2D eigenvalue weighted by Gasteiger charge is -2.10. The molecule has 1 aromatic carbocycles. The molecule has 0 radical (unpaired) electrons. The van der Waals surface area contributed by atoms with Crippen LogP contribution in [-0.2, 0) is 4.74 Å². The Bertz CT molecular complexity index is 548. The second kappa shape index (κ2) is 3.48. The highest BCUT2D eigenvalue weighted by Gasteiger charge is 2.24. The van der Waals surface area contributed by atoms with Crippen molar-refractivity contribution in [2.24, 2.45) is 0 Å². The van der Waals surface area contributed by atoms with E-state index in [0.29, 0.717) is 6.61 Å². The van der Waals surface area contributed by atoms with Gasteiger partial charge in [0.2, 0.25) is 0 Å². The number of benzene rings is 1. The van der Waals surface area contributed by atoms with E-state index in [2.05, 4.69) is 10.3 Å². The Morgan fingerprint density at radius 3 is 3.12 bits per heavy atom.